The molecular formula is C25H29N3O4S. The molecule has 1 atom stereocenters. The molecule has 2 heterocycles. The molecule has 2 N–H and O–H groups in total. The minimum atomic E-state index is -3.82. The number of aryl methyl sites for hydroxylation is 1. The first-order chi connectivity index (χ1) is 15.9. The second-order valence-corrected chi connectivity index (χ2v) is 10.0. The Morgan fingerprint density at radius 1 is 1.03 bits per heavy atom. The highest BCUT2D eigenvalue weighted by Crippen LogP contribution is 2.25. The molecule has 1 aromatic heterocycles. The van der Waals surface area contributed by atoms with Crippen molar-refractivity contribution in [3.63, 3.8) is 0 Å². The lowest BCUT2D eigenvalue weighted by Gasteiger charge is -2.33. The van der Waals surface area contributed by atoms with E-state index in [0.29, 0.717) is 17.8 Å². The number of likely N-dealkylation sites (tertiary alicyclic amines) is 1. The first-order valence-corrected chi connectivity index (χ1v) is 12.7. The standard InChI is InChI=1S/C25H29N3O4S/c1-19-8-5-10-21(16-19)27-33(30,31)22-11-6-9-20(17-22)25(29)26-18-23(24-12-7-15-32-24)28-13-3-2-4-14-28/h5-12,15-17,23,27H,2-4,13-14,18H2,1H3,(H,26,29)/t23-/m0/s1. The summed E-state index contributed by atoms with van der Waals surface area (Å²) in [6.45, 7) is 4.19. The number of furan rings is 1. The van der Waals surface area contributed by atoms with Crippen molar-refractivity contribution in [2.24, 2.45) is 0 Å². The zero-order valence-corrected chi connectivity index (χ0v) is 19.5. The number of benzene rings is 2. The number of hydrogen-bond donors (Lipinski definition) is 2. The van der Waals surface area contributed by atoms with Gasteiger partial charge in [0.2, 0.25) is 0 Å². The van der Waals surface area contributed by atoms with Gasteiger partial charge in [-0.15, -0.1) is 0 Å². The van der Waals surface area contributed by atoms with Crippen LogP contribution in [0.25, 0.3) is 0 Å². The van der Waals surface area contributed by atoms with Crippen LogP contribution < -0.4 is 10.0 Å². The molecule has 8 heteroatoms. The smallest absolute Gasteiger partial charge is 0.261 e. The average Bonchev–Trinajstić information content (AvgIpc) is 3.34. The average molecular weight is 468 g/mol. The Kier molecular flexibility index (Phi) is 7.15. The van der Waals surface area contributed by atoms with Crippen LogP contribution in [0.15, 0.2) is 76.2 Å². The van der Waals surface area contributed by atoms with Crippen LogP contribution in [-0.4, -0.2) is 38.9 Å². The number of carbonyl (C=O) groups excluding carboxylic acids is 1. The fourth-order valence-corrected chi connectivity index (χ4v) is 5.23. The number of piperidine rings is 1. The van der Waals surface area contributed by atoms with E-state index in [2.05, 4.69) is 14.9 Å². The van der Waals surface area contributed by atoms with E-state index >= 15 is 0 Å². The van der Waals surface area contributed by atoms with Gasteiger partial charge in [0.15, 0.2) is 0 Å². The van der Waals surface area contributed by atoms with Crippen LogP contribution in [0.5, 0.6) is 0 Å². The van der Waals surface area contributed by atoms with E-state index in [9.17, 15) is 13.2 Å². The molecule has 1 fully saturated rings. The van der Waals surface area contributed by atoms with Gasteiger partial charge in [0.25, 0.3) is 15.9 Å². The molecule has 33 heavy (non-hydrogen) atoms. The quantitative estimate of drug-likeness (QED) is 0.514. The van der Waals surface area contributed by atoms with Crippen LogP contribution in [0.4, 0.5) is 5.69 Å². The normalized spacial score (nSPS) is 15.7. The molecule has 174 valence electrons. The summed E-state index contributed by atoms with van der Waals surface area (Å²) in [5, 5.41) is 2.96. The number of hydrogen-bond acceptors (Lipinski definition) is 5. The van der Waals surface area contributed by atoms with Gasteiger partial charge in [0.05, 0.1) is 17.2 Å². The van der Waals surface area contributed by atoms with Gasteiger partial charge in [-0.1, -0.05) is 24.6 Å². The van der Waals surface area contributed by atoms with Crippen molar-refractivity contribution in [2.45, 2.75) is 37.1 Å². The molecule has 0 bridgehead atoms. The molecule has 4 rings (SSSR count). The van der Waals surface area contributed by atoms with Crippen molar-refractivity contribution in [1.82, 2.24) is 10.2 Å². The number of rotatable bonds is 8. The molecule has 1 aliphatic rings. The lowest BCUT2D eigenvalue weighted by molar-refractivity contribution is 0.0914. The predicted molar refractivity (Wildman–Crippen MR) is 128 cm³/mol. The van der Waals surface area contributed by atoms with Crippen molar-refractivity contribution in [3.8, 4) is 0 Å². The first-order valence-electron chi connectivity index (χ1n) is 11.2. The summed E-state index contributed by atoms with van der Waals surface area (Å²) in [6.07, 6.45) is 5.10. The van der Waals surface area contributed by atoms with Gasteiger partial charge in [0.1, 0.15) is 5.76 Å². The topological polar surface area (TPSA) is 91.6 Å². The molecule has 3 aromatic rings. The first kappa shape index (κ1) is 23.1. The van der Waals surface area contributed by atoms with Gasteiger partial charge < -0.3 is 9.73 Å². The van der Waals surface area contributed by atoms with Gasteiger partial charge in [-0.25, -0.2) is 8.42 Å². The third-order valence-corrected chi connectivity index (χ3v) is 7.21. The number of sulfonamides is 1. The summed E-state index contributed by atoms with van der Waals surface area (Å²) in [6, 6.07) is 16.9. The number of nitrogens with one attached hydrogen (secondary N) is 2. The van der Waals surface area contributed by atoms with Crippen molar-refractivity contribution < 1.29 is 17.6 Å². The van der Waals surface area contributed by atoms with Crippen molar-refractivity contribution in [1.29, 1.82) is 0 Å². The molecular weight excluding hydrogens is 438 g/mol. The lowest BCUT2D eigenvalue weighted by Crippen LogP contribution is -2.40. The summed E-state index contributed by atoms with van der Waals surface area (Å²) in [5.41, 5.74) is 1.72. The minimum Gasteiger partial charge on any atom is -0.468 e. The number of carbonyl (C=O) groups is 1. The molecule has 0 unspecified atom stereocenters. The third-order valence-electron chi connectivity index (χ3n) is 5.84. The number of nitrogens with zero attached hydrogens (tertiary/aromatic N) is 1. The van der Waals surface area contributed by atoms with E-state index in [4.69, 9.17) is 4.42 Å². The van der Waals surface area contributed by atoms with E-state index in [0.717, 1.165) is 37.3 Å². The van der Waals surface area contributed by atoms with E-state index < -0.39 is 10.0 Å². The number of anilines is 1. The molecule has 0 spiro atoms. The van der Waals surface area contributed by atoms with Crippen LogP contribution in [-0.2, 0) is 10.0 Å². The molecule has 0 saturated carbocycles. The third kappa shape index (κ3) is 5.83. The Bertz CT molecular complexity index is 1190. The van der Waals surface area contributed by atoms with Gasteiger partial charge in [-0.2, -0.15) is 0 Å². The Morgan fingerprint density at radius 2 is 1.82 bits per heavy atom. The zero-order valence-electron chi connectivity index (χ0n) is 18.7. The molecule has 0 aliphatic carbocycles. The molecule has 7 nitrogen and oxygen atoms in total. The molecule has 1 saturated heterocycles. The Balaban J connectivity index is 1.46. The van der Waals surface area contributed by atoms with Gasteiger partial charge in [0, 0.05) is 17.8 Å². The second kappa shape index (κ2) is 10.2. The highest BCUT2D eigenvalue weighted by molar-refractivity contribution is 7.92. The van der Waals surface area contributed by atoms with Crippen LogP contribution in [0.1, 0.15) is 47.0 Å². The van der Waals surface area contributed by atoms with E-state index in [1.165, 1.54) is 18.6 Å². The summed E-state index contributed by atoms with van der Waals surface area (Å²) in [5.74, 6) is 0.493. The van der Waals surface area contributed by atoms with E-state index in [1.807, 2.05) is 25.1 Å². The Hall–Kier alpha value is -3.10. The second-order valence-electron chi connectivity index (χ2n) is 8.34. The van der Waals surface area contributed by atoms with E-state index in [1.54, 1.807) is 36.6 Å². The van der Waals surface area contributed by atoms with Crippen molar-refractivity contribution in [2.75, 3.05) is 24.4 Å². The monoisotopic (exact) mass is 467 g/mol. The SMILES string of the molecule is Cc1cccc(NS(=O)(=O)c2cccc(C(=O)NC[C@@H](c3ccco3)N3CCCCC3)c2)c1. The Labute approximate surface area is 194 Å². The van der Waals surface area contributed by atoms with Crippen LogP contribution in [0.2, 0.25) is 0 Å². The van der Waals surface area contributed by atoms with Gasteiger partial charge in [-0.3, -0.25) is 14.4 Å². The van der Waals surface area contributed by atoms with Gasteiger partial charge in [-0.05, 0) is 80.9 Å². The lowest BCUT2D eigenvalue weighted by atomic mass is 10.1. The molecule has 1 aliphatic heterocycles. The zero-order chi connectivity index (χ0) is 23.3. The fourth-order valence-electron chi connectivity index (χ4n) is 4.14. The Morgan fingerprint density at radius 3 is 2.55 bits per heavy atom. The number of amides is 1. The summed E-state index contributed by atoms with van der Waals surface area (Å²) in [7, 11) is -3.82. The van der Waals surface area contributed by atoms with Crippen LogP contribution in [0.3, 0.4) is 0 Å². The van der Waals surface area contributed by atoms with Crippen LogP contribution in [0, 0.1) is 6.92 Å². The van der Waals surface area contributed by atoms with Crippen LogP contribution >= 0.6 is 0 Å². The molecule has 1 amide bonds. The van der Waals surface area contributed by atoms with Crippen molar-refractivity contribution in [3.05, 3.63) is 83.8 Å². The minimum absolute atomic E-state index is 0.0373. The van der Waals surface area contributed by atoms with Crippen molar-refractivity contribution >= 4 is 21.6 Å². The summed E-state index contributed by atoms with van der Waals surface area (Å²) in [4.78, 5) is 15.3. The maximum absolute atomic E-state index is 12.9. The summed E-state index contributed by atoms with van der Waals surface area (Å²) < 4.78 is 33.9. The predicted octanol–water partition coefficient (Wildman–Crippen LogP) is 4.35. The maximum atomic E-state index is 12.9. The maximum Gasteiger partial charge on any atom is 0.261 e. The van der Waals surface area contributed by atoms with E-state index in [-0.39, 0.29) is 16.8 Å². The highest BCUT2D eigenvalue weighted by atomic mass is 32.2. The molecule has 2 aromatic carbocycles. The van der Waals surface area contributed by atoms with Gasteiger partial charge >= 0.3 is 0 Å². The molecule has 0 radical (unpaired) electrons. The highest BCUT2D eigenvalue weighted by Gasteiger charge is 2.25. The summed E-state index contributed by atoms with van der Waals surface area (Å²) >= 11 is 0. The fraction of sp³-hybridized carbons (Fsp3) is 0.320. The largest absolute Gasteiger partial charge is 0.468 e.